The van der Waals surface area contributed by atoms with Gasteiger partial charge in [-0.15, -0.1) is 0 Å². The summed E-state index contributed by atoms with van der Waals surface area (Å²) < 4.78 is 10.3. The van der Waals surface area contributed by atoms with Crippen LogP contribution in [0.15, 0.2) is 24.3 Å². The van der Waals surface area contributed by atoms with Gasteiger partial charge in [-0.25, -0.2) is 0 Å². The van der Waals surface area contributed by atoms with Crippen LogP contribution in [0.1, 0.15) is 12.8 Å². The van der Waals surface area contributed by atoms with Gasteiger partial charge in [-0.2, -0.15) is 0 Å². The lowest BCUT2D eigenvalue weighted by molar-refractivity contribution is -0.135. The Morgan fingerprint density at radius 2 is 2.15 bits per heavy atom. The monoisotopic (exact) mass is 295 g/mol. The van der Waals surface area contributed by atoms with Crippen LogP contribution in [-0.2, 0) is 14.1 Å². The van der Waals surface area contributed by atoms with Crippen molar-refractivity contribution in [2.45, 2.75) is 19.1 Å². The first-order valence-electron chi connectivity index (χ1n) is 6.13. The van der Waals surface area contributed by atoms with Crippen LogP contribution in [0.3, 0.4) is 0 Å². The lowest BCUT2D eigenvalue weighted by atomic mass is 9.48. The molecule has 0 aromatic heterocycles. The number of amides is 1. The number of aliphatic hydroxyl groups excluding tert-OH is 1. The summed E-state index contributed by atoms with van der Waals surface area (Å²) in [7, 11) is 0. The molecule has 2 heterocycles. The third-order valence-corrected chi connectivity index (χ3v) is 3.70. The van der Waals surface area contributed by atoms with Crippen LogP contribution in [0.2, 0.25) is 5.02 Å². The summed E-state index contributed by atoms with van der Waals surface area (Å²) >= 11 is 5.76. The number of rotatable bonds is 2. The first kappa shape index (κ1) is 13.3. The molecule has 6 nitrogen and oxygen atoms in total. The molecule has 3 rings (SSSR count). The number of aliphatic hydroxyl groups is 1. The molecule has 1 aromatic rings. The average Bonchev–Trinajstić information content (AvgIpc) is 2.84. The number of carbonyl (C=O) groups excluding carboxylic acids is 2. The van der Waals surface area contributed by atoms with Gasteiger partial charge in [0, 0.05) is 10.7 Å². The number of halogens is 1. The lowest BCUT2D eigenvalue weighted by Crippen LogP contribution is -2.52. The van der Waals surface area contributed by atoms with Crippen LogP contribution >= 0.6 is 11.6 Å². The number of hydrogen-bond acceptors (Lipinski definition) is 5. The number of carbonyl (C=O) groups is 2. The van der Waals surface area contributed by atoms with Crippen LogP contribution in [0.5, 0.6) is 0 Å². The Hall–Kier alpha value is -1.70. The van der Waals surface area contributed by atoms with Crippen molar-refractivity contribution in [3.8, 4) is 0 Å². The maximum Gasteiger partial charge on any atom is 0.590 e. The molecule has 2 aliphatic heterocycles. The van der Waals surface area contributed by atoms with E-state index in [0.29, 0.717) is 16.5 Å². The smallest absolute Gasteiger partial charge is 0.590 e. The van der Waals surface area contributed by atoms with E-state index in [1.165, 1.54) is 0 Å². The topological polar surface area (TPSA) is 84.9 Å². The van der Waals surface area contributed by atoms with E-state index < -0.39 is 24.6 Å². The van der Waals surface area contributed by atoms with Crippen molar-refractivity contribution in [3.63, 3.8) is 0 Å². The van der Waals surface area contributed by atoms with Crippen LogP contribution in [0, 0.1) is 5.82 Å². The molecule has 1 amide bonds. The molecule has 2 aliphatic rings. The van der Waals surface area contributed by atoms with Crippen molar-refractivity contribution in [1.29, 1.82) is 0 Å². The number of nitrogens with one attached hydrogen (secondary N) is 1. The summed E-state index contributed by atoms with van der Waals surface area (Å²) in [6, 6.07) is 6.48. The Balaban J connectivity index is 1.81. The number of fused-ring (bicyclic) bond motifs is 1. The fraction of sp³-hybridized carbons (Fsp3) is 0.250. The summed E-state index contributed by atoms with van der Waals surface area (Å²) in [4.78, 5) is 23.7. The molecule has 20 heavy (non-hydrogen) atoms. The van der Waals surface area contributed by atoms with Gasteiger partial charge in [0.05, 0.1) is 6.42 Å². The molecule has 8 heteroatoms. The summed E-state index contributed by atoms with van der Waals surface area (Å²) in [5, 5.41) is 12.7. The maximum absolute atomic E-state index is 12.3. The molecule has 0 saturated carbocycles. The fourth-order valence-electron chi connectivity index (χ4n) is 2.55. The molecule has 104 valence electrons. The van der Waals surface area contributed by atoms with Crippen molar-refractivity contribution in [1.82, 2.24) is 0 Å². The zero-order chi connectivity index (χ0) is 14.3. The van der Waals surface area contributed by atoms with Crippen molar-refractivity contribution in [2.75, 3.05) is 5.32 Å². The maximum atomic E-state index is 12.3. The minimum Gasteiger partial charge on any atom is -0.617 e. The molecule has 0 spiro atoms. The number of hydrogen-bond donors (Lipinski definition) is 2. The molecule has 2 unspecified atom stereocenters. The van der Waals surface area contributed by atoms with Crippen molar-refractivity contribution < 1.29 is 24.0 Å². The van der Waals surface area contributed by atoms with E-state index in [9.17, 15) is 14.7 Å². The van der Waals surface area contributed by atoms with Crippen molar-refractivity contribution in [2.24, 2.45) is 0 Å². The zero-order valence-corrected chi connectivity index (χ0v) is 11.1. The van der Waals surface area contributed by atoms with E-state index in [2.05, 4.69) is 5.32 Å². The van der Waals surface area contributed by atoms with Gasteiger partial charge in [0.2, 0.25) is 0 Å². The van der Waals surface area contributed by atoms with Crippen LogP contribution in [0.25, 0.3) is 0 Å². The fourth-order valence-corrected chi connectivity index (χ4v) is 2.67. The van der Waals surface area contributed by atoms with Gasteiger partial charge in [-0.3, -0.25) is 4.79 Å². The third-order valence-electron chi connectivity index (χ3n) is 3.45. The van der Waals surface area contributed by atoms with Gasteiger partial charge in [-0.1, -0.05) is 11.6 Å². The molecule has 2 atom stereocenters. The Labute approximate surface area is 120 Å². The van der Waals surface area contributed by atoms with Gasteiger partial charge in [0.15, 0.2) is 12.1 Å². The quantitative estimate of drug-likeness (QED) is 0.641. The van der Waals surface area contributed by atoms with Gasteiger partial charge < -0.3 is 24.5 Å². The molecule has 0 radical (unpaired) electrons. The standard InChI is InChI=1S/C12H11BClNO5/c14-8-1-3-9(4-2-8)15-12(18)13-7(5-10(16)19-13)6-11(17)20-13/h1-4,10,16H,5-6H2,(H,15,18). The highest BCUT2D eigenvalue weighted by Gasteiger charge is 2.68. The van der Waals surface area contributed by atoms with Crippen LogP contribution in [-0.4, -0.2) is 29.7 Å². The third kappa shape index (κ3) is 2.13. The number of benzene rings is 1. The summed E-state index contributed by atoms with van der Waals surface area (Å²) in [6.45, 7) is -2.57. The summed E-state index contributed by atoms with van der Waals surface area (Å²) in [6.07, 6.45) is -0.973. The predicted molar refractivity (Wildman–Crippen MR) is 71.9 cm³/mol. The van der Waals surface area contributed by atoms with Gasteiger partial charge >= 0.3 is 12.5 Å². The largest absolute Gasteiger partial charge is 0.617 e. The summed E-state index contributed by atoms with van der Waals surface area (Å²) in [5.41, 5.74) is 0.503. The second-order valence-electron chi connectivity index (χ2n) is 4.83. The van der Waals surface area contributed by atoms with E-state index in [-0.39, 0.29) is 12.8 Å². The Morgan fingerprint density at radius 1 is 1.45 bits per heavy atom. The SMILES string of the molecule is O=C1C[C+]2CC(O)O[B-]2(C(=O)Nc2ccc(Cl)cc2)O1. The van der Waals surface area contributed by atoms with Crippen molar-refractivity contribution in [3.05, 3.63) is 35.1 Å². The molecule has 0 aliphatic carbocycles. The molecule has 2 saturated heterocycles. The van der Waals surface area contributed by atoms with Crippen LogP contribution < -0.4 is 5.32 Å². The molecular weight excluding hydrogens is 284 g/mol. The Morgan fingerprint density at radius 3 is 2.85 bits per heavy atom. The van der Waals surface area contributed by atoms with Gasteiger partial charge in [-0.05, 0) is 30.1 Å². The molecule has 1 aromatic carbocycles. The minimum absolute atomic E-state index is 0.00506. The van der Waals surface area contributed by atoms with E-state index in [0.717, 1.165) is 0 Å². The summed E-state index contributed by atoms with van der Waals surface area (Å²) in [5.74, 6) is -0.600. The molecule has 2 fully saturated rings. The molecule has 0 bridgehead atoms. The van der Waals surface area contributed by atoms with E-state index >= 15 is 0 Å². The zero-order valence-electron chi connectivity index (χ0n) is 10.3. The Kier molecular flexibility index (Phi) is 3.12. The first-order valence-corrected chi connectivity index (χ1v) is 6.51. The first-order chi connectivity index (χ1) is 9.49. The second kappa shape index (κ2) is 4.69. The highest BCUT2D eigenvalue weighted by molar-refractivity contribution is 7.04. The van der Waals surface area contributed by atoms with Crippen molar-refractivity contribution >= 4 is 35.6 Å². The van der Waals surface area contributed by atoms with E-state index in [4.69, 9.17) is 20.9 Å². The highest BCUT2D eigenvalue weighted by Crippen LogP contribution is 2.42. The lowest BCUT2D eigenvalue weighted by Gasteiger charge is -2.24. The second-order valence-corrected chi connectivity index (χ2v) is 5.26. The van der Waals surface area contributed by atoms with Gasteiger partial charge in [0.1, 0.15) is 6.42 Å². The number of anilines is 1. The highest BCUT2D eigenvalue weighted by atomic mass is 35.5. The minimum atomic E-state index is -2.57. The Bertz CT molecular complexity index is 565. The average molecular weight is 295 g/mol. The van der Waals surface area contributed by atoms with E-state index in [1.807, 2.05) is 0 Å². The molecule has 2 N–H and O–H groups in total. The van der Waals surface area contributed by atoms with Crippen LogP contribution in [0.4, 0.5) is 10.5 Å². The normalized spacial score (nSPS) is 28.2. The van der Waals surface area contributed by atoms with Gasteiger partial charge in [0.25, 0.3) is 0 Å². The predicted octanol–water partition coefficient (Wildman–Crippen LogP) is 1.70. The van der Waals surface area contributed by atoms with E-state index in [1.54, 1.807) is 24.3 Å². The molecular formula is C12H11BClNO5.